The average Bonchev–Trinajstić information content (AvgIpc) is 3.59. The summed E-state index contributed by atoms with van der Waals surface area (Å²) in [4.78, 5) is 9.71. The zero-order valence-electron chi connectivity index (χ0n) is 20.2. The molecule has 4 aromatic heterocycles. The average molecular weight is 474 g/mol. The standard InChI is InChI=1S/C29H27N7/c1-2-3-14-35-18-26(31-19-35)29-34-33-28-24-16-23(21-7-5-4-6-8-21)27(32-25(24)13-15-36(28)29)22-11-9-20(17-30)10-12-22/h4-13,15-16,18-19H,2-3,14,17,30H2,1H3. The minimum atomic E-state index is 0.515. The van der Waals surface area contributed by atoms with Crippen molar-refractivity contribution in [1.29, 1.82) is 0 Å². The molecular formula is C29H27N7. The number of hydrogen-bond acceptors (Lipinski definition) is 5. The predicted octanol–water partition coefficient (Wildman–Crippen LogP) is 5.73. The van der Waals surface area contributed by atoms with Crippen LogP contribution in [0.4, 0.5) is 0 Å². The molecule has 0 saturated carbocycles. The Kier molecular flexibility index (Phi) is 5.75. The van der Waals surface area contributed by atoms with Crippen molar-refractivity contribution in [3.8, 4) is 33.9 Å². The quantitative estimate of drug-likeness (QED) is 0.320. The van der Waals surface area contributed by atoms with Crippen molar-refractivity contribution in [3.05, 3.63) is 91.0 Å². The van der Waals surface area contributed by atoms with E-state index in [0.29, 0.717) is 6.54 Å². The second kappa shape index (κ2) is 9.36. The topological polar surface area (TPSA) is 86.9 Å². The van der Waals surface area contributed by atoms with Crippen molar-refractivity contribution in [1.82, 2.24) is 29.1 Å². The second-order valence-electron chi connectivity index (χ2n) is 8.97. The molecule has 2 aromatic carbocycles. The molecule has 0 unspecified atom stereocenters. The molecule has 178 valence electrons. The summed E-state index contributed by atoms with van der Waals surface area (Å²) in [5, 5.41) is 10.0. The van der Waals surface area contributed by atoms with Crippen molar-refractivity contribution in [2.75, 3.05) is 0 Å². The third-order valence-corrected chi connectivity index (χ3v) is 6.55. The first kappa shape index (κ1) is 22.1. The number of hydrogen-bond donors (Lipinski definition) is 1. The van der Waals surface area contributed by atoms with Crippen LogP contribution in [0.25, 0.3) is 50.5 Å². The summed E-state index contributed by atoms with van der Waals surface area (Å²) in [5.41, 5.74) is 13.5. The van der Waals surface area contributed by atoms with E-state index in [9.17, 15) is 0 Å². The molecule has 7 nitrogen and oxygen atoms in total. The lowest BCUT2D eigenvalue weighted by Gasteiger charge is -2.12. The van der Waals surface area contributed by atoms with E-state index in [2.05, 4.69) is 69.1 Å². The molecule has 36 heavy (non-hydrogen) atoms. The van der Waals surface area contributed by atoms with Crippen LogP contribution in [0.15, 0.2) is 85.5 Å². The molecule has 0 bridgehead atoms. The minimum absolute atomic E-state index is 0.515. The summed E-state index contributed by atoms with van der Waals surface area (Å²) in [6.07, 6.45) is 8.15. The van der Waals surface area contributed by atoms with Crippen LogP contribution in [0.3, 0.4) is 0 Å². The van der Waals surface area contributed by atoms with Crippen LogP contribution in [0, 0.1) is 0 Å². The van der Waals surface area contributed by atoms with Gasteiger partial charge in [-0.3, -0.25) is 4.40 Å². The highest BCUT2D eigenvalue weighted by Gasteiger charge is 2.17. The predicted molar refractivity (Wildman–Crippen MR) is 143 cm³/mol. The molecule has 0 amide bonds. The molecule has 6 aromatic rings. The Labute approximate surface area is 209 Å². The van der Waals surface area contributed by atoms with Gasteiger partial charge >= 0.3 is 0 Å². The Hall–Kier alpha value is -4.36. The number of unbranched alkanes of at least 4 members (excludes halogenated alkanes) is 1. The molecule has 0 atom stereocenters. The van der Waals surface area contributed by atoms with Gasteiger partial charge < -0.3 is 10.3 Å². The molecule has 4 heterocycles. The molecule has 0 saturated heterocycles. The Bertz CT molecular complexity index is 1650. The SMILES string of the molecule is CCCCn1cnc(-c2nnc3c4cc(-c5ccccc5)c(-c5ccc(CN)cc5)nc4ccn23)c1. The van der Waals surface area contributed by atoms with Crippen molar-refractivity contribution >= 4 is 16.6 Å². The lowest BCUT2D eigenvalue weighted by Crippen LogP contribution is -1.97. The van der Waals surface area contributed by atoms with Crippen LogP contribution in [-0.2, 0) is 13.1 Å². The highest BCUT2D eigenvalue weighted by Crippen LogP contribution is 2.35. The van der Waals surface area contributed by atoms with Gasteiger partial charge in [-0.15, -0.1) is 10.2 Å². The molecular weight excluding hydrogens is 446 g/mol. The number of aryl methyl sites for hydroxylation is 1. The van der Waals surface area contributed by atoms with Gasteiger partial charge in [0, 0.05) is 42.0 Å². The van der Waals surface area contributed by atoms with E-state index in [-0.39, 0.29) is 0 Å². The first-order valence-electron chi connectivity index (χ1n) is 12.3. The molecule has 7 heteroatoms. The molecule has 0 fully saturated rings. The van der Waals surface area contributed by atoms with Gasteiger partial charge in [0.2, 0.25) is 0 Å². The fraction of sp³-hybridized carbons (Fsp3) is 0.172. The van der Waals surface area contributed by atoms with Crippen LogP contribution in [0.2, 0.25) is 0 Å². The maximum atomic E-state index is 5.82. The van der Waals surface area contributed by atoms with Crippen LogP contribution >= 0.6 is 0 Å². The van der Waals surface area contributed by atoms with E-state index in [0.717, 1.165) is 75.4 Å². The number of imidazole rings is 1. The van der Waals surface area contributed by atoms with Gasteiger partial charge in [0.15, 0.2) is 11.5 Å². The summed E-state index contributed by atoms with van der Waals surface area (Å²) < 4.78 is 4.11. The maximum Gasteiger partial charge on any atom is 0.188 e. The molecule has 0 aliphatic carbocycles. The van der Waals surface area contributed by atoms with Crippen molar-refractivity contribution in [3.63, 3.8) is 0 Å². The summed E-state index contributed by atoms with van der Waals surface area (Å²) in [6, 6.07) is 22.8. The van der Waals surface area contributed by atoms with Gasteiger partial charge in [-0.1, -0.05) is 67.9 Å². The zero-order valence-corrected chi connectivity index (χ0v) is 20.2. The Morgan fingerprint density at radius 3 is 2.53 bits per heavy atom. The molecule has 6 rings (SSSR count). The van der Waals surface area contributed by atoms with Gasteiger partial charge in [0.1, 0.15) is 5.69 Å². The van der Waals surface area contributed by atoms with E-state index in [1.165, 1.54) is 0 Å². The monoisotopic (exact) mass is 473 g/mol. The first-order chi connectivity index (χ1) is 17.7. The van der Waals surface area contributed by atoms with Crippen LogP contribution in [0.5, 0.6) is 0 Å². The zero-order chi connectivity index (χ0) is 24.5. The summed E-state index contributed by atoms with van der Waals surface area (Å²) >= 11 is 0. The van der Waals surface area contributed by atoms with E-state index in [4.69, 9.17) is 10.7 Å². The molecule has 0 spiro atoms. The highest BCUT2D eigenvalue weighted by molar-refractivity contribution is 5.98. The van der Waals surface area contributed by atoms with Gasteiger partial charge in [0.25, 0.3) is 0 Å². The smallest absolute Gasteiger partial charge is 0.188 e. The summed E-state index contributed by atoms with van der Waals surface area (Å²) in [6.45, 7) is 3.65. The Morgan fingerprint density at radius 2 is 1.75 bits per heavy atom. The lowest BCUT2D eigenvalue weighted by atomic mass is 9.97. The van der Waals surface area contributed by atoms with Crippen LogP contribution < -0.4 is 5.73 Å². The summed E-state index contributed by atoms with van der Waals surface area (Å²) in [5.74, 6) is 0.727. The van der Waals surface area contributed by atoms with Crippen molar-refractivity contribution in [2.24, 2.45) is 5.73 Å². The van der Waals surface area contributed by atoms with Gasteiger partial charge in [-0.2, -0.15) is 0 Å². The fourth-order valence-corrected chi connectivity index (χ4v) is 4.56. The molecule has 0 aliphatic rings. The Morgan fingerprint density at radius 1 is 0.917 bits per heavy atom. The fourth-order valence-electron chi connectivity index (χ4n) is 4.56. The first-order valence-corrected chi connectivity index (χ1v) is 12.3. The number of nitrogens with zero attached hydrogens (tertiary/aromatic N) is 6. The number of rotatable bonds is 7. The van der Waals surface area contributed by atoms with Crippen LogP contribution in [-0.4, -0.2) is 29.1 Å². The highest BCUT2D eigenvalue weighted by atomic mass is 15.3. The number of nitrogens with two attached hydrogens (primary N) is 1. The van der Waals surface area contributed by atoms with Crippen molar-refractivity contribution in [2.45, 2.75) is 32.9 Å². The van der Waals surface area contributed by atoms with Crippen LogP contribution in [0.1, 0.15) is 25.3 Å². The number of pyridine rings is 2. The maximum absolute atomic E-state index is 5.82. The Balaban J connectivity index is 1.52. The minimum Gasteiger partial charge on any atom is -0.337 e. The number of fused-ring (bicyclic) bond motifs is 3. The third kappa shape index (κ3) is 3.93. The van der Waals surface area contributed by atoms with E-state index < -0.39 is 0 Å². The van der Waals surface area contributed by atoms with E-state index in [1.807, 2.05) is 47.4 Å². The number of benzene rings is 2. The third-order valence-electron chi connectivity index (χ3n) is 6.55. The number of aromatic nitrogens is 6. The normalized spacial score (nSPS) is 11.5. The molecule has 2 N–H and O–H groups in total. The van der Waals surface area contributed by atoms with Gasteiger partial charge in [0.05, 0.1) is 17.5 Å². The summed E-state index contributed by atoms with van der Waals surface area (Å²) in [7, 11) is 0. The van der Waals surface area contributed by atoms with E-state index >= 15 is 0 Å². The lowest BCUT2D eigenvalue weighted by molar-refractivity contribution is 0.631. The van der Waals surface area contributed by atoms with Gasteiger partial charge in [-0.25, -0.2) is 9.97 Å². The molecule has 0 radical (unpaired) electrons. The second-order valence-corrected chi connectivity index (χ2v) is 8.97. The molecule has 0 aliphatic heterocycles. The van der Waals surface area contributed by atoms with Gasteiger partial charge in [-0.05, 0) is 29.7 Å². The van der Waals surface area contributed by atoms with E-state index in [1.54, 1.807) is 0 Å². The largest absolute Gasteiger partial charge is 0.337 e. The van der Waals surface area contributed by atoms with Crippen molar-refractivity contribution < 1.29 is 0 Å².